The molecule has 0 aliphatic carbocycles. The lowest BCUT2D eigenvalue weighted by atomic mass is 10.2. The van der Waals surface area contributed by atoms with Gasteiger partial charge >= 0.3 is 0 Å². The van der Waals surface area contributed by atoms with Gasteiger partial charge in [-0.1, -0.05) is 18.6 Å². The summed E-state index contributed by atoms with van der Waals surface area (Å²) in [6.45, 7) is 5.34. The lowest BCUT2D eigenvalue weighted by Crippen LogP contribution is -1.95. The predicted octanol–water partition coefficient (Wildman–Crippen LogP) is 4.62. The molecule has 18 heavy (non-hydrogen) atoms. The van der Waals surface area contributed by atoms with Crippen molar-refractivity contribution >= 4 is 22.2 Å². The van der Waals surface area contributed by atoms with Gasteiger partial charge in [0.1, 0.15) is 0 Å². The zero-order valence-electron chi connectivity index (χ0n) is 10.8. The van der Waals surface area contributed by atoms with E-state index < -0.39 is 0 Å². The van der Waals surface area contributed by atoms with Crippen molar-refractivity contribution in [3.05, 3.63) is 57.9 Å². The molecule has 0 saturated carbocycles. The largest absolute Gasteiger partial charge is 0.342 e. The average Bonchev–Trinajstić information content (AvgIpc) is 2.97. The zero-order chi connectivity index (χ0) is 12.5. The van der Waals surface area contributed by atoms with Crippen LogP contribution in [0.4, 0.5) is 0 Å². The van der Waals surface area contributed by atoms with Crippen LogP contribution < -0.4 is 0 Å². The number of hydrogen-bond acceptors (Lipinski definition) is 1. The van der Waals surface area contributed by atoms with Crippen LogP contribution in [-0.2, 0) is 13.0 Å². The third kappa shape index (κ3) is 2.08. The number of nitrogens with zero attached hydrogens (tertiary/aromatic N) is 1. The highest BCUT2D eigenvalue weighted by Crippen LogP contribution is 2.22. The molecular formula is C16H17NS. The molecule has 0 saturated heterocycles. The maximum Gasteiger partial charge on any atom is 0.0569 e. The van der Waals surface area contributed by atoms with Crippen molar-refractivity contribution in [2.45, 2.75) is 26.8 Å². The Balaban J connectivity index is 1.95. The van der Waals surface area contributed by atoms with E-state index in [2.05, 4.69) is 61.0 Å². The van der Waals surface area contributed by atoms with Crippen molar-refractivity contribution in [2.75, 3.05) is 0 Å². The summed E-state index contributed by atoms with van der Waals surface area (Å²) < 4.78 is 2.33. The Kier molecular flexibility index (Phi) is 2.96. The predicted molar refractivity (Wildman–Crippen MR) is 79.5 cm³/mol. The van der Waals surface area contributed by atoms with E-state index in [9.17, 15) is 0 Å². The molecule has 0 amide bonds. The smallest absolute Gasteiger partial charge is 0.0569 e. The lowest BCUT2D eigenvalue weighted by molar-refractivity contribution is 0.851. The van der Waals surface area contributed by atoms with Crippen LogP contribution in [0, 0.1) is 6.92 Å². The molecule has 1 aromatic carbocycles. The summed E-state index contributed by atoms with van der Waals surface area (Å²) in [4.78, 5) is 2.90. The first-order chi connectivity index (χ1) is 8.76. The molecule has 0 unspecified atom stereocenters. The maximum atomic E-state index is 2.33. The molecule has 0 aliphatic rings. The minimum Gasteiger partial charge on any atom is -0.342 e. The summed E-state index contributed by atoms with van der Waals surface area (Å²) in [7, 11) is 0. The van der Waals surface area contributed by atoms with Crippen LogP contribution >= 0.6 is 11.3 Å². The van der Waals surface area contributed by atoms with Crippen LogP contribution in [0.2, 0.25) is 0 Å². The molecular weight excluding hydrogens is 238 g/mol. The van der Waals surface area contributed by atoms with Crippen molar-refractivity contribution in [3.8, 4) is 0 Å². The molecule has 0 aliphatic heterocycles. The lowest BCUT2D eigenvalue weighted by Gasteiger charge is -2.03. The van der Waals surface area contributed by atoms with Gasteiger partial charge in [-0.15, -0.1) is 11.3 Å². The molecule has 0 bridgehead atoms. The molecule has 1 nitrogen and oxygen atoms in total. The number of thiophene rings is 1. The fourth-order valence-corrected chi connectivity index (χ4v) is 3.28. The molecule has 0 N–H and O–H groups in total. The Morgan fingerprint density at radius 1 is 1.06 bits per heavy atom. The number of aromatic nitrogens is 1. The SMILES string of the molecule is CCc1ccc(Cn2ccc3cc(C)ccc32)s1. The Morgan fingerprint density at radius 3 is 2.67 bits per heavy atom. The van der Waals surface area contributed by atoms with E-state index >= 15 is 0 Å². The second-order valence-corrected chi connectivity index (χ2v) is 5.98. The number of rotatable bonds is 3. The fraction of sp³-hybridized carbons (Fsp3) is 0.250. The van der Waals surface area contributed by atoms with Crippen LogP contribution in [0.1, 0.15) is 22.2 Å². The first kappa shape index (κ1) is 11.5. The van der Waals surface area contributed by atoms with Crippen molar-refractivity contribution < 1.29 is 0 Å². The third-order valence-corrected chi connectivity index (χ3v) is 4.53. The highest BCUT2D eigenvalue weighted by Gasteiger charge is 2.04. The van der Waals surface area contributed by atoms with E-state index in [4.69, 9.17) is 0 Å². The van der Waals surface area contributed by atoms with Crippen LogP contribution in [0.3, 0.4) is 0 Å². The van der Waals surface area contributed by atoms with Gasteiger partial charge in [-0.3, -0.25) is 0 Å². The number of benzene rings is 1. The van der Waals surface area contributed by atoms with Gasteiger partial charge in [0.15, 0.2) is 0 Å². The summed E-state index contributed by atoms with van der Waals surface area (Å²) in [6, 6.07) is 13.4. The van der Waals surface area contributed by atoms with Gasteiger partial charge in [0.2, 0.25) is 0 Å². The standard InChI is InChI=1S/C16H17NS/c1-3-14-5-6-15(18-14)11-17-9-8-13-10-12(2)4-7-16(13)17/h4-10H,3,11H2,1-2H3. The molecule has 2 heterocycles. The molecule has 92 valence electrons. The van der Waals surface area contributed by atoms with E-state index in [1.807, 2.05) is 11.3 Å². The van der Waals surface area contributed by atoms with E-state index in [1.165, 1.54) is 26.2 Å². The van der Waals surface area contributed by atoms with Crippen molar-refractivity contribution in [3.63, 3.8) is 0 Å². The van der Waals surface area contributed by atoms with Gasteiger partial charge in [-0.2, -0.15) is 0 Å². The summed E-state index contributed by atoms with van der Waals surface area (Å²) in [6.07, 6.45) is 3.33. The molecule has 2 aromatic heterocycles. The van der Waals surface area contributed by atoms with E-state index in [0.29, 0.717) is 0 Å². The Morgan fingerprint density at radius 2 is 1.89 bits per heavy atom. The third-order valence-electron chi connectivity index (χ3n) is 3.32. The summed E-state index contributed by atoms with van der Waals surface area (Å²) in [5.41, 5.74) is 2.65. The molecule has 2 heteroatoms. The number of hydrogen-bond donors (Lipinski definition) is 0. The molecule has 0 spiro atoms. The van der Waals surface area contributed by atoms with E-state index in [0.717, 1.165) is 13.0 Å². The fourth-order valence-electron chi connectivity index (χ4n) is 2.32. The topological polar surface area (TPSA) is 4.93 Å². The van der Waals surface area contributed by atoms with Crippen LogP contribution in [0.15, 0.2) is 42.6 Å². The van der Waals surface area contributed by atoms with Gasteiger partial charge in [-0.25, -0.2) is 0 Å². The quantitative estimate of drug-likeness (QED) is 0.643. The molecule has 3 aromatic rings. The Bertz CT molecular complexity index is 675. The molecule has 0 fully saturated rings. The Hall–Kier alpha value is -1.54. The first-order valence-corrected chi connectivity index (χ1v) is 7.21. The van der Waals surface area contributed by atoms with Gasteiger partial charge in [0, 0.05) is 21.5 Å². The van der Waals surface area contributed by atoms with Crippen molar-refractivity contribution in [1.82, 2.24) is 4.57 Å². The highest BCUT2D eigenvalue weighted by atomic mass is 32.1. The number of fused-ring (bicyclic) bond motifs is 1. The maximum absolute atomic E-state index is 2.33. The van der Waals surface area contributed by atoms with Gasteiger partial charge in [-0.05, 0) is 49.1 Å². The first-order valence-electron chi connectivity index (χ1n) is 6.39. The summed E-state index contributed by atoms with van der Waals surface area (Å²) in [5.74, 6) is 0. The van der Waals surface area contributed by atoms with Gasteiger partial charge in [0.05, 0.1) is 6.54 Å². The van der Waals surface area contributed by atoms with Crippen LogP contribution in [-0.4, -0.2) is 4.57 Å². The normalized spacial score (nSPS) is 11.2. The zero-order valence-corrected chi connectivity index (χ0v) is 11.6. The summed E-state index contributed by atoms with van der Waals surface area (Å²) >= 11 is 1.92. The minimum atomic E-state index is 0.983. The average molecular weight is 255 g/mol. The Labute approximate surface area is 112 Å². The second kappa shape index (κ2) is 4.62. The van der Waals surface area contributed by atoms with Gasteiger partial charge in [0.25, 0.3) is 0 Å². The van der Waals surface area contributed by atoms with Crippen molar-refractivity contribution in [1.29, 1.82) is 0 Å². The van der Waals surface area contributed by atoms with Crippen molar-refractivity contribution in [2.24, 2.45) is 0 Å². The monoisotopic (exact) mass is 255 g/mol. The number of aryl methyl sites for hydroxylation is 2. The van der Waals surface area contributed by atoms with Crippen LogP contribution in [0.5, 0.6) is 0 Å². The van der Waals surface area contributed by atoms with E-state index in [-0.39, 0.29) is 0 Å². The molecule has 3 rings (SSSR count). The summed E-state index contributed by atoms with van der Waals surface area (Å²) in [5, 5.41) is 1.34. The van der Waals surface area contributed by atoms with E-state index in [1.54, 1.807) is 0 Å². The molecule has 0 radical (unpaired) electrons. The molecule has 0 atom stereocenters. The minimum absolute atomic E-state index is 0.983. The van der Waals surface area contributed by atoms with Crippen LogP contribution in [0.25, 0.3) is 10.9 Å². The second-order valence-electron chi connectivity index (χ2n) is 4.73. The van der Waals surface area contributed by atoms with Gasteiger partial charge < -0.3 is 4.57 Å². The highest BCUT2D eigenvalue weighted by molar-refractivity contribution is 7.11.